The smallest absolute Gasteiger partial charge is 0.135 e. The second kappa shape index (κ2) is 18.5. The first-order valence-electron chi connectivity index (χ1n) is 30.2. The molecule has 0 radical (unpaired) electrons. The van der Waals surface area contributed by atoms with Gasteiger partial charge in [0.2, 0.25) is 0 Å². The van der Waals surface area contributed by atoms with Crippen LogP contribution in [0.4, 0.5) is 11.4 Å². The van der Waals surface area contributed by atoms with E-state index in [2.05, 4.69) is 153 Å². The molecule has 4 heterocycles. The van der Waals surface area contributed by atoms with Crippen molar-refractivity contribution in [1.29, 1.82) is 0 Å². The molecule has 0 fully saturated rings. The van der Waals surface area contributed by atoms with Crippen LogP contribution in [0.3, 0.4) is 0 Å². The first kappa shape index (κ1) is 40.9. The average Bonchev–Trinajstić information content (AvgIpc) is 1.15. The van der Waals surface area contributed by atoms with Gasteiger partial charge in [-0.25, -0.2) is 4.98 Å². The van der Waals surface area contributed by atoms with Crippen molar-refractivity contribution in [2.75, 3.05) is 4.90 Å². The minimum absolute atomic E-state index is 0. The van der Waals surface area contributed by atoms with Crippen LogP contribution >= 0.6 is 0 Å². The van der Waals surface area contributed by atoms with Crippen molar-refractivity contribution in [2.45, 2.75) is 105 Å². The minimum atomic E-state index is -3.48. The number of benzene rings is 8. The van der Waals surface area contributed by atoms with Crippen LogP contribution in [0.2, 0.25) is 0 Å². The molecule has 384 valence electrons. The second-order valence-electron chi connectivity index (χ2n) is 23.1. The summed E-state index contributed by atoms with van der Waals surface area (Å²) in [7, 11) is 0. The summed E-state index contributed by atoms with van der Waals surface area (Å²) in [5, 5.41) is 7.87. The molecule has 8 aromatic carbocycles. The maximum Gasteiger partial charge on any atom is 0.135 e. The van der Waals surface area contributed by atoms with Crippen LogP contribution in [-0.4, -0.2) is 14.1 Å². The summed E-state index contributed by atoms with van der Waals surface area (Å²) in [5.41, 5.74) is 4.17. The molecule has 6 heteroatoms. The Labute approximate surface area is 475 Å². The fourth-order valence-electron chi connectivity index (χ4n) is 11.0. The van der Waals surface area contributed by atoms with E-state index in [1.807, 2.05) is 100 Å². The summed E-state index contributed by atoms with van der Waals surface area (Å²) in [5.74, 6) is 1.72. The standard InChI is InChI=1S/C70H65N4O.Pt/c1-67(2,3)45-35-36-71-63(40-45)74-60-31-16-15-25-54(60)55-34-33-50(42-62(55)74)75-49-22-17-21-48(41-49)72-43-73-65-51(44-37-46(68(4,5)6)39-47(38-44)69(7,8)9)26-18-28-57(65)53-24-14-13-23-52(53)56-27-19-30-59(70(10,11)12)64(56)58-29-20-32-61(72)66(58)73;/h13-40,43H,1-12H3;/q-3;/i4D3,5D3,6D3;. The molecular weight excluding hydrogens is 1110 g/mol. The van der Waals surface area contributed by atoms with E-state index in [1.54, 1.807) is 0 Å². The number of para-hydroxylation sites is 3. The molecular formula is C70H65N4OPt-3. The van der Waals surface area contributed by atoms with Crippen LogP contribution in [0.25, 0.3) is 82.1 Å². The van der Waals surface area contributed by atoms with Gasteiger partial charge in [0, 0.05) is 62.3 Å². The van der Waals surface area contributed by atoms with Crippen molar-refractivity contribution in [3.05, 3.63) is 211 Å². The van der Waals surface area contributed by atoms with Crippen molar-refractivity contribution < 1.29 is 38.1 Å². The molecule has 5 nitrogen and oxygen atoms in total. The molecule has 0 amide bonds. The molecule has 12 rings (SSSR count). The Morgan fingerprint density at radius 1 is 0.513 bits per heavy atom. The number of ether oxygens (including phenoxy) is 1. The third kappa shape index (κ3) is 8.71. The second-order valence-corrected chi connectivity index (χ2v) is 23.1. The van der Waals surface area contributed by atoms with Crippen molar-refractivity contribution >= 4 is 76.5 Å². The average molecular weight is 1180 g/mol. The summed E-state index contributed by atoms with van der Waals surface area (Å²) in [6.45, 7) is 10.7. The Balaban J connectivity index is 0.00000752. The third-order valence-electron chi connectivity index (χ3n) is 14.8. The van der Waals surface area contributed by atoms with Crippen LogP contribution in [0.15, 0.2) is 170 Å². The molecule has 0 N–H and O–H groups in total. The molecule has 0 spiro atoms. The van der Waals surface area contributed by atoms with E-state index in [0.29, 0.717) is 39.4 Å². The van der Waals surface area contributed by atoms with Crippen LogP contribution in [0, 0.1) is 18.8 Å². The predicted octanol–water partition coefficient (Wildman–Crippen LogP) is 19.1. The van der Waals surface area contributed by atoms with Gasteiger partial charge in [0.25, 0.3) is 0 Å². The zero-order valence-electron chi connectivity index (χ0n) is 53.3. The van der Waals surface area contributed by atoms with Gasteiger partial charge in [-0.2, -0.15) is 12.1 Å². The molecule has 11 aromatic rings. The molecule has 3 aromatic heterocycles. The molecule has 1 aliphatic rings. The fraction of sp³-hybridized carbons (Fsp3) is 0.229. The molecule has 0 unspecified atom stereocenters. The molecule has 76 heavy (non-hydrogen) atoms. The Kier molecular flexibility index (Phi) is 9.93. The van der Waals surface area contributed by atoms with Crippen molar-refractivity contribution in [2.24, 2.45) is 0 Å². The third-order valence-corrected chi connectivity index (χ3v) is 14.8. The van der Waals surface area contributed by atoms with Crippen LogP contribution in [0.1, 0.15) is 117 Å². The topological polar surface area (TPSA) is 35.2 Å². The Morgan fingerprint density at radius 2 is 1.14 bits per heavy atom. The van der Waals surface area contributed by atoms with E-state index in [-0.39, 0.29) is 37.5 Å². The van der Waals surface area contributed by atoms with Crippen molar-refractivity contribution in [3.8, 4) is 28.4 Å². The van der Waals surface area contributed by atoms with Gasteiger partial charge < -0.3 is 18.8 Å². The zero-order chi connectivity index (χ0) is 59.8. The van der Waals surface area contributed by atoms with Gasteiger partial charge in [-0.05, 0) is 135 Å². The molecule has 0 atom stereocenters. The molecule has 0 saturated carbocycles. The normalized spacial score (nSPS) is 15.2. The number of hydrogen-bond acceptors (Lipinski definition) is 3. The van der Waals surface area contributed by atoms with Gasteiger partial charge >= 0.3 is 0 Å². The quantitative estimate of drug-likeness (QED) is 0.161. The zero-order valence-corrected chi connectivity index (χ0v) is 46.5. The maximum absolute atomic E-state index is 8.85. The van der Waals surface area contributed by atoms with E-state index in [9.17, 15) is 0 Å². The maximum atomic E-state index is 8.85. The van der Waals surface area contributed by atoms with E-state index < -0.39 is 31.4 Å². The van der Waals surface area contributed by atoms with Gasteiger partial charge in [0.05, 0.1) is 0 Å². The fourth-order valence-corrected chi connectivity index (χ4v) is 11.0. The summed E-state index contributed by atoms with van der Waals surface area (Å²) in [4.78, 5) is 6.97. The number of nitrogens with zero attached hydrogens (tertiary/aromatic N) is 4. The van der Waals surface area contributed by atoms with E-state index in [0.717, 1.165) is 82.3 Å². The monoisotopic (exact) mass is 1180 g/mol. The number of fused-ring (bicyclic) bond motifs is 10. The summed E-state index contributed by atoms with van der Waals surface area (Å²) in [6.07, 6.45) is 1.86. The van der Waals surface area contributed by atoms with Crippen molar-refractivity contribution in [1.82, 2.24) is 14.1 Å². The molecule has 0 aliphatic carbocycles. The Bertz CT molecular complexity index is 4510. The summed E-state index contributed by atoms with van der Waals surface area (Å²) >= 11 is 0. The van der Waals surface area contributed by atoms with Crippen LogP contribution < -0.4 is 9.64 Å². The largest absolute Gasteiger partial charge is 0.509 e. The summed E-state index contributed by atoms with van der Waals surface area (Å²) < 4.78 is 90.8. The Morgan fingerprint density at radius 3 is 1.88 bits per heavy atom. The first-order chi connectivity index (χ1) is 39.5. The minimum Gasteiger partial charge on any atom is -0.509 e. The van der Waals surface area contributed by atoms with E-state index in [1.165, 1.54) is 12.1 Å². The van der Waals surface area contributed by atoms with Crippen LogP contribution in [-0.2, 0) is 42.7 Å². The van der Waals surface area contributed by atoms with E-state index >= 15 is 0 Å². The van der Waals surface area contributed by atoms with Gasteiger partial charge in [-0.3, -0.25) is 0 Å². The van der Waals surface area contributed by atoms with Gasteiger partial charge in [-0.1, -0.05) is 203 Å². The van der Waals surface area contributed by atoms with Gasteiger partial charge in [0.15, 0.2) is 0 Å². The number of hydrogen-bond donors (Lipinski definition) is 0. The number of pyridine rings is 1. The SMILES string of the molecule is [2H]C([2H])([2H])C(c1cc(-c2cccc3c4ccccc4c4cccc(C(C)(C)C)c4c4cccc5c4n(c23)[CH-]N5c2[c-]c(Oc3[c-]c4c(cc3)c3ccccc3n4-c3cc(C(C)(C)C)ccn3)ccc2)cc(C(C)(C)C)c1)(C([2H])([2H])[2H])C([2H])([2H])[2H].[Pt]. The predicted molar refractivity (Wildman–Crippen MR) is 317 cm³/mol. The number of aromatic nitrogens is 3. The van der Waals surface area contributed by atoms with Crippen LogP contribution in [0.5, 0.6) is 11.5 Å². The van der Waals surface area contributed by atoms with Crippen molar-refractivity contribution in [3.63, 3.8) is 0 Å². The van der Waals surface area contributed by atoms with E-state index in [4.69, 9.17) is 22.1 Å². The summed E-state index contributed by atoms with van der Waals surface area (Å²) in [6, 6.07) is 61.6. The molecule has 1 aliphatic heterocycles. The molecule has 0 bridgehead atoms. The number of anilines is 2. The van der Waals surface area contributed by atoms with Gasteiger partial charge in [0.1, 0.15) is 5.82 Å². The first-order valence-corrected chi connectivity index (χ1v) is 25.7. The Hall–Kier alpha value is -7.33. The number of rotatable bonds is 5. The van der Waals surface area contributed by atoms with Gasteiger partial charge in [-0.15, -0.1) is 35.7 Å². The molecule has 0 saturated heterocycles.